The van der Waals surface area contributed by atoms with Crippen LogP contribution in [0.1, 0.15) is 0 Å². The lowest BCUT2D eigenvalue weighted by Crippen LogP contribution is -1.87. The van der Waals surface area contributed by atoms with E-state index in [1.165, 1.54) is 6.20 Å². The molecule has 70 valence electrons. The molecule has 1 aromatic heterocycles. The Morgan fingerprint density at radius 2 is 1.86 bits per heavy atom. The summed E-state index contributed by atoms with van der Waals surface area (Å²) in [6.45, 7) is 0. The predicted octanol–water partition coefficient (Wildman–Crippen LogP) is 2.50. The Morgan fingerprint density at radius 1 is 1.14 bits per heavy atom. The Bertz CT molecular complexity index is 445. The topological polar surface area (TPSA) is 46.0 Å². The van der Waals surface area contributed by atoms with Crippen LogP contribution in [0.2, 0.25) is 5.02 Å². The van der Waals surface area contributed by atoms with Crippen LogP contribution in [0.5, 0.6) is 5.75 Å². The van der Waals surface area contributed by atoms with Crippen molar-refractivity contribution in [1.29, 1.82) is 0 Å². The largest absolute Gasteiger partial charge is 0.504 e. The lowest BCUT2D eigenvalue weighted by Gasteiger charge is -2.02. The first kappa shape index (κ1) is 8.97. The van der Waals surface area contributed by atoms with E-state index in [9.17, 15) is 5.11 Å². The van der Waals surface area contributed by atoms with Crippen molar-refractivity contribution in [3.63, 3.8) is 0 Å². The third kappa shape index (κ3) is 1.54. The molecule has 4 heteroatoms. The van der Waals surface area contributed by atoms with Gasteiger partial charge < -0.3 is 5.11 Å². The number of aromatic hydroxyl groups is 1. The molecule has 0 saturated heterocycles. The van der Waals surface area contributed by atoms with Gasteiger partial charge in [0, 0.05) is 5.56 Å². The zero-order valence-corrected chi connectivity index (χ0v) is 7.94. The van der Waals surface area contributed by atoms with Crippen molar-refractivity contribution in [1.82, 2.24) is 10.2 Å². The fraction of sp³-hybridized carbons (Fsp3) is 0. The van der Waals surface area contributed by atoms with Gasteiger partial charge in [-0.1, -0.05) is 41.9 Å². The Kier molecular flexibility index (Phi) is 2.33. The van der Waals surface area contributed by atoms with E-state index in [1.807, 2.05) is 30.3 Å². The Morgan fingerprint density at radius 3 is 2.57 bits per heavy atom. The number of rotatable bonds is 1. The molecule has 1 aromatic carbocycles. The summed E-state index contributed by atoms with van der Waals surface area (Å²) in [5.41, 5.74) is 1.19. The maximum absolute atomic E-state index is 9.62. The van der Waals surface area contributed by atoms with Gasteiger partial charge in [0.1, 0.15) is 10.7 Å². The van der Waals surface area contributed by atoms with E-state index in [2.05, 4.69) is 10.2 Å². The summed E-state index contributed by atoms with van der Waals surface area (Å²) < 4.78 is 0. The summed E-state index contributed by atoms with van der Waals surface area (Å²) in [5.74, 6) is -0.0344. The van der Waals surface area contributed by atoms with E-state index in [0.717, 1.165) is 5.56 Å². The van der Waals surface area contributed by atoms with Crippen molar-refractivity contribution in [2.24, 2.45) is 0 Å². The van der Waals surface area contributed by atoms with E-state index < -0.39 is 0 Å². The fourth-order valence-electron chi connectivity index (χ4n) is 1.15. The minimum Gasteiger partial charge on any atom is -0.504 e. The normalized spacial score (nSPS) is 10.1. The lowest BCUT2D eigenvalue weighted by atomic mass is 10.1. The zero-order valence-electron chi connectivity index (χ0n) is 7.18. The zero-order chi connectivity index (χ0) is 9.97. The molecule has 0 bridgehead atoms. The molecule has 0 spiro atoms. The van der Waals surface area contributed by atoms with Gasteiger partial charge in [0.2, 0.25) is 0 Å². The first-order chi connectivity index (χ1) is 6.79. The van der Waals surface area contributed by atoms with Crippen molar-refractivity contribution in [3.05, 3.63) is 41.6 Å². The molecular formula is C10H7ClN2O. The van der Waals surface area contributed by atoms with E-state index in [4.69, 9.17) is 11.6 Å². The highest BCUT2D eigenvalue weighted by Gasteiger charge is 2.09. The third-order valence-corrected chi connectivity index (χ3v) is 2.10. The van der Waals surface area contributed by atoms with Gasteiger partial charge in [0.15, 0.2) is 5.75 Å². The van der Waals surface area contributed by atoms with Crippen LogP contribution < -0.4 is 0 Å². The van der Waals surface area contributed by atoms with Gasteiger partial charge in [-0.25, -0.2) is 0 Å². The first-order valence-corrected chi connectivity index (χ1v) is 4.42. The molecule has 0 saturated carbocycles. The second-order valence-electron chi connectivity index (χ2n) is 2.76. The molecule has 0 aliphatic carbocycles. The molecule has 3 nitrogen and oxygen atoms in total. The molecule has 2 aromatic rings. The van der Waals surface area contributed by atoms with Gasteiger partial charge in [0.05, 0.1) is 6.20 Å². The van der Waals surface area contributed by atoms with Crippen LogP contribution in [0.15, 0.2) is 36.5 Å². The highest BCUT2D eigenvalue weighted by molar-refractivity contribution is 6.32. The standard InChI is InChI=1S/C10H7ClN2O/c11-8-6-12-13-9(10(8)14)7-4-2-1-3-5-7/h1-6H,(H,12,14). The van der Waals surface area contributed by atoms with Crippen LogP contribution in [0, 0.1) is 0 Å². The van der Waals surface area contributed by atoms with Gasteiger partial charge in [0.25, 0.3) is 0 Å². The first-order valence-electron chi connectivity index (χ1n) is 4.04. The fourth-order valence-corrected chi connectivity index (χ4v) is 1.28. The molecule has 1 heterocycles. The van der Waals surface area contributed by atoms with Gasteiger partial charge in [-0.15, -0.1) is 5.10 Å². The molecule has 2 rings (SSSR count). The molecular weight excluding hydrogens is 200 g/mol. The Balaban J connectivity index is 2.58. The molecule has 0 unspecified atom stereocenters. The summed E-state index contributed by atoms with van der Waals surface area (Å²) in [4.78, 5) is 0. The number of nitrogens with zero attached hydrogens (tertiary/aromatic N) is 2. The van der Waals surface area contributed by atoms with Gasteiger partial charge in [-0.2, -0.15) is 5.10 Å². The minimum atomic E-state index is -0.0344. The van der Waals surface area contributed by atoms with Crippen LogP contribution in [-0.4, -0.2) is 15.3 Å². The summed E-state index contributed by atoms with van der Waals surface area (Å²) in [7, 11) is 0. The maximum atomic E-state index is 9.62. The number of hydrogen-bond acceptors (Lipinski definition) is 3. The summed E-state index contributed by atoms with van der Waals surface area (Å²) >= 11 is 5.71. The monoisotopic (exact) mass is 206 g/mol. The molecule has 1 N–H and O–H groups in total. The van der Waals surface area contributed by atoms with Crippen molar-refractivity contribution >= 4 is 11.6 Å². The van der Waals surface area contributed by atoms with Gasteiger partial charge >= 0.3 is 0 Å². The van der Waals surface area contributed by atoms with Crippen molar-refractivity contribution in [3.8, 4) is 17.0 Å². The maximum Gasteiger partial charge on any atom is 0.164 e. The summed E-state index contributed by atoms with van der Waals surface area (Å²) in [5, 5.41) is 17.3. The Hall–Kier alpha value is -1.61. The molecule has 0 radical (unpaired) electrons. The lowest BCUT2D eigenvalue weighted by molar-refractivity contribution is 0.473. The molecule has 0 fully saturated rings. The van der Waals surface area contributed by atoms with E-state index in [0.29, 0.717) is 5.69 Å². The number of benzene rings is 1. The summed E-state index contributed by atoms with van der Waals surface area (Å²) in [6.07, 6.45) is 1.31. The molecule has 0 amide bonds. The molecule has 14 heavy (non-hydrogen) atoms. The van der Waals surface area contributed by atoms with Crippen LogP contribution >= 0.6 is 11.6 Å². The average Bonchev–Trinajstić information content (AvgIpc) is 2.23. The van der Waals surface area contributed by atoms with E-state index >= 15 is 0 Å². The predicted molar refractivity (Wildman–Crippen MR) is 54.1 cm³/mol. The number of aromatic nitrogens is 2. The van der Waals surface area contributed by atoms with Crippen molar-refractivity contribution < 1.29 is 5.11 Å². The Labute approximate surface area is 86.0 Å². The highest BCUT2D eigenvalue weighted by atomic mass is 35.5. The molecule has 0 aliphatic heterocycles. The van der Waals surface area contributed by atoms with Gasteiger partial charge in [-0.05, 0) is 0 Å². The van der Waals surface area contributed by atoms with Crippen LogP contribution in [-0.2, 0) is 0 Å². The van der Waals surface area contributed by atoms with Crippen LogP contribution in [0.4, 0.5) is 0 Å². The minimum absolute atomic E-state index is 0.0344. The quantitative estimate of drug-likeness (QED) is 0.780. The summed E-state index contributed by atoms with van der Waals surface area (Å²) in [6, 6.07) is 9.27. The van der Waals surface area contributed by atoms with E-state index in [-0.39, 0.29) is 10.8 Å². The van der Waals surface area contributed by atoms with E-state index in [1.54, 1.807) is 0 Å². The van der Waals surface area contributed by atoms with Crippen molar-refractivity contribution in [2.75, 3.05) is 0 Å². The second kappa shape index (κ2) is 3.64. The van der Waals surface area contributed by atoms with Gasteiger partial charge in [-0.3, -0.25) is 0 Å². The average molecular weight is 207 g/mol. The second-order valence-corrected chi connectivity index (χ2v) is 3.16. The molecule has 0 atom stereocenters. The number of hydrogen-bond donors (Lipinski definition) is 1. The highest BCUT2D eigenvalue weighted by Crippen LogP contribution is 2.31. The smallest absolute Gasteiger partial charge is 0.164 e. The third-order valence-electron chi connectivity index (χ3n) is 1.83. The van der Waals surface area contributed by atoms with Crippen molar-refractivity contribution in [2.45, 2.75) is 0 Å². The SMILES string of the molecule is Oc1c(Cl)cnnc1-c1ccccc1. The molecule has 0 aliphatic rings. The van der Waals surface area contributed by atoms with Crippen LogP contribution in [0.3, 0.4) is 0 Å². The number of halogens is 1. The van der Waals surface area contributed by atoms with Crippen LogP contribution in [0.25, 0.3) is 11.3 Å².